The molecule has 0 radical (unpaired) electrons. The lowest BCUT2D eigenvalue weighted by atomic mass is 10.1. The first-order valence-electron chi connectivity index (χ1n) is 7.55. The van der Waals surface area contributed by atoms with Crippen molar-refractivity contribution in [3.63, 3.8) is 0 Å². The Hall–Kier alpha value is -1.61. The Morgan fingerprint density at radius 1 is 1.35 bits per heavy atom. The van der Waals surface area contributed by atoms with Crippen LogP contribution >= 0.6 is 0 Å². The van der Waals surface area contributed by atoms with Crippen molar-refractivity contribution in [2.24, 2.45) is 5.92 Å². The monoisotopic (exact) mass is 269 g/mol. The van der Waals surface area contributed by atoms with Crippen LogP contribution in [0.15, 0.2) is 36.5 Å². The average Bonchev–Trinajstić information content (AvgIpc) is 2.93. The number of pyridine rings is 1. The highest BCUT2D eigenvalue weighted by Gasteiger charge is 2.22. The number of hydrogen-bond donors (Lipinski definition) is 1. The van der Waals surface area contributed by atoms with Crippen molar-refractivity contribution in [1.29, 1.82) is 0 Å². The Balaban J connectivity index is 1.69. The zero-order valence-corrected chi connectivity index (χ0v) is 12.3. The molecule has 1 fully saturated rings. The van der Waals surface area contributed by atoms with Crippen LogP contribution in [0.2, 0.25) is 0 Å². The molecule has 3 heteroatoms. The van der Waals surface area contributed by atoms with Crippen LogP contribution in [0.4, 0.5) is 5.69 Å². The topological polar surface area (TPSA) is 28.2 Å². The van der Waals surface area contributed by atoms with Crippen molar-refractivity contribution in [3.8, 4) is 0 Å². The zero-order valence-electron chi connectivity index (χ0n) is 12.3. The summed E-state index contributed by atoms with van der Waals surface area (Å²) >= 11 is 0. The molecular formula is C17H23N3. The third-order valence-corrected chi connectivity index (χ3v) is 4.04. The summed E-state index contributed by atoms with van der Waals surface area (Å²) in [5.41, 5.74) is 2.34. The van der Waals surface area contributed by atoms with E-state index in [-0.39, 0.29) is 0 Å². The smallest absolute Gasteiger partial charge is 0.0703 e. The quantitative estimate of drug-likeness (QED) is 0.924. The molecule has 1 saturated heterocycles. The molecule has 3 nitrogen and oxygen atoms in total. The van der Waals surface area contributed by atoms with Gasteiger partial charge in [0.1, 0.15) is 0 Å². The number of aromatic nitrogens is 1. The number of anilines is 1. The van der Waals surface area contributed by atoms with E-state index in [0.717, 1.165) is 31.1 Å². The number of fused-ring (bicyclic) bond motifs is 1. The molecule has 1 atom stereocenters. The molecule has 2 aromatic rings. The highest BCUT2D eigenvalue weighted by molar-refractivity contribution is 5.81. The van der Waals surface area contributed by atoms with Gasteiger partial charge in [-0.1, -0.05) is 32.0 Å². The average molecular weight is 269 g/mol. The van der Waals surface area contributed by atoms with Crippen molar-refractivity contribution in [3.05, 3.63) is 36.5 Å². The number of benzene rings is 1. The molecule has 0 aliphatic carbocycles. The van der Waals surface area contributed by atoms with Crippen LogP contribution in [0, 0.1) is 5.92 Å². The summed E-state index contributed by atoms with van der Waals surface area (Å²) < 4.78 is 0. The first-order chi connectivity index (χ1) is 9.72. The minimum Gasteiger partial charge on any atom is -0.370 e. The third-order valence-electron chi connectivity index (χ3n) is 4.04. The molecule has 0 saturated carbocycles. The zero-order chi connectivity index (χ0) is 13.9. The van der Waals surface area contributed by atoms with Crippen molar-refractivity contribution in [2.45, 2.75) is 26.3 Å². The SMILES string of the molecule is CC(C)NCC1CCN(c2cnc3ccccc3c2)C1. The predicted molar refractivity (Wildman–Crippen MR) is 85.2 cm³/mol. The summed E-state index contributed by atoms with van der Waals surface area (Å²) in [6.45, 7) is 7.82. The van der Waals surface area contributed by atoms with E-state index >= 15 is 0 Å². The maximum atomic E-state index is 4.57. The van der Waals surface area contributed by atoms with E-state index in [2.05, 4.69) is 53.3 Å². The van der Waals surface area contributed by atoms with Gasteiger partial charge in [0.05, 0.1) is 17.4 Å². The van der Waals surface area contributed by atoms with Gasteiger partial charge in [-0.2, -0.15) is 0 Å². The van der Waals surface area contributed by atoms with Gasteiger partial charge in [-0.15, -0.1) is 0 Å². The van der Waals surface area contributed by atoms with Crippen LogP contribution in [-0.2, 0) is 0 Å². The minimum atomic E-state index is 0.575. The van der Waals surface area contributed by atoms with Gasteiger partial charge < -0.3 is 10.2 Å². The van der Waals surface area contributed by atoms with Crippen molar-refractivity contribution < 1.29 is 0 Å². The van der Waals surface area contributed by atoms with Gasteiger partial charge in [-0.3, -0.25) is 4.98 Å². The van der Waals surface area contributed by atoms with Gasteiger partial charge in [0.2, 0.25) is 0 Å². The third kappa shape index (κ3) is 2.93. The van der Waals surface area contributed by atoms with Gasteiger partial charge in [-0.25, -0.2) is 0 Å². The lowest BCUT2D eigenvalue weighted by molar-refractivity contribution is 0.480. The molecule has 2 heterocycles. The molecule has 1 aromatic carbocycles. The maximum absolute atomic E-state index is 4.57. The Morgan fingerprint density at radius 3 is 3.05 bits per heavy atom. The van der Waals surface area contributed by atoms with Gasteiger partial charge >= 0.3 is 0 Å². The van der Waals surface area contributed by atoms with E-state index in [4.69, 9.17) is 0 Å². The highest BCUT2D eigenvalue weighted by atomic mass is 15.2. The minimum absolute atomic E-state index is 0.575. The summed E-state index contributed by atoms with van der Waals surface area (Å²) in [6.07, 6.45) is 3.28. The Morgan fingerprint density at radius 2 is 2.20 bits per heavy atom. The maximum Gasteiger partial charge on any atom is 0.0703 e. The van der Waals surface area contributed by atoms with Gasteiger partial charge in [0.15, 0.2) is 0 Å². The summed E-state index contributed by atoms with van der Waals surface area (Å²) in [4.78, 5) is 7.03. The fourth-order valence-electron chi connectivity index (χ4n) is 2.87. The number of nitrogens with one attached hydrogen (secondary N) is 1. The number of rotatable bonds is 4. The number of nitrogens with zero attached hydrogens (tertiary/aromatic N) is 2. The fraction of sp³-hybridized carbons (Fsp3) is 0.471. The molecule has 0 amide bonds. The van der Waals surface area contributed by atoms with E-state index in [0.29, 0.717) is 6.04 Å². The van der Waals surface area contributed by atoms with Crippen molar-refractivity contribution in [2.75, 3.05) is 24.5 Å². The molecular weight excluding hydrogens is 246 g/mol. The first-order valence-corrected chi connectivity index (χ1v) is 7.55. The van der Waals surface area contributed by atoms with Crippen molar-refractivity contribution >= 4 is 16.6 Å². The molecule has 106 valence electrons. The van der Waals surface area contributed by atoms with Crippen LogP contribution in [0.5, 0.6) is 0 Å². The molecule has 20 heavy (non-hydrogen) atoms. The second-order valence-electron chi connectivity index (χ2n) is 6.05. The fourth-order valence-corrected chi connectivity index (χ4v) is 2.87. The largest absolute Gasteiger partial charge is 0.370 e. The van der Waals surface area contributed by atoms with Crippen LogP contribution in [0.3, 0.4) is 0 Å². The summed E-state index contributed by atoms with van der Waals surface area (Å²) in [5.74, 6) is 0.754. The summed E-state index contributed by atoms with van der Waals surface area (Å²) in [5, 5.41) is 4.78. The predicted octanol–water partition coefficient (Wildman–Crippen LogP) is 3.06. The van der Waals surface area contributed by atoms with Gasteiger partial charge in [-0.05, 0) is 31.0 Å². The Kier molecular flexibility index (Phi) is 3.88. The number of hydrogen-bond acceptors (Lipinski definition) is 3. The molecule has 0 spiro atoms. The lowest BCUT2D eigenvalue weighted by Crippen LogP contribution is -2.30. The molecule has 1 aliphatic heterocycles. The van der Waals surface area contributed by atoms with Gasteiger partial charge in [0, 0.05) is 24.5 Å². The van der Waals surface area contributed by atoms with Crippen LogP contribution in [0.25, 0.3) is 10.9 Å². The molecule has 1 aromatic heterocycles. The molecule has 1 aliphatic rings. The van der Waals surface area contributed by atoms with Crippen molar-refractivity contribution in [1.82, 2.24) is 10.3 Å². The van der Waals surface area contributed by atoms with E-state index in [1.807, 2.05) is 12.3 Å². The van der Waals surface area contributed by atoms with E-state index < -0.39 is 0 Å². The summed E-state index contributed by atoms with van der Waals surface area (Å²) in [6, 6.07) is 11.2. The number of para-hydroxylation sites is 1. The normalized spacial score (nSPS) is 19.1. The Bertz CT molecular complexity index is 579. The van der Waals surface area contributed by atoms with Crippen LogP contribution < -0.4 is 10.2 Å². The molecule has 1 unspecified atom stereocenters. The second kappa shape index (κ2) is 5.80. The molecule has 3 rings (SSSR count). The second-order valence-corrected chi connectivity index (χ2v) is 6.05. The van der Waals surface area contributed by atoms with Crippen LogP contribution in [-0.4, -0.2) is 30.7 Å². The summed E-state index contributed by atoms with van der Waals surface area (Å²) in [7, 11) is 0. The molecule has 0 bridgehead atoms. The van der Waals surface area contributed by atoms with Crippen LogP contribution in [0.1, 0.15) is 20.3 Å². The Labute approximate surface area is 121 Å². The lowest BCUT2D eigenvalue weighted by Gasteiger charge is -2.19. The highest BCUT2D eigenvalue weighted by Crippen LogP contribution is 2.25. The van der Waals surface area contributed by atoms with Gasteiger partial charge in [0.25, 0.3) is 0 Å². The van der Waals surface area contributed by atoms with E-state index in [1.54, 1.807) is 0 Å². The standard InChI is InChI=1S/C17H23N3/c1-13(2)18-10-14-7-8-20(12-14)16-9-15-5-3-4-6-17(15)19-11-16/h3-6,9,11,13-14,18H,7-8,10,12H2,1-2H3. The van der Waals surface area contributed by atoms with E-state index in [9.17, 15) is 0 Å². The van der Waals surface area contributed by atoms with E-state index in [1.165, 1.54) is 17.5 Å². The molecule has 1 N–H and O–H groups in total. The first kappa shape index (κ1) is 13.4.